The summed E-state index contributed by atoms with van der Waals surface area (Å²) in [4.78, 5) is 12.3. The van der Waals surface area contributed by atoms with E-state index in [4.69, 9.17) is 4.42 Å². The normalized spacial score (nSPS) is 11.1. The van der Waals surface area contributed by atoms with Crippen molar-refractivity contribution in [1.29, 1.82) is 0 Å². The molecule has 3 heterocycles. The summed E-state index contributed by atoms with van der Waals surface area (Å²) in [5.41, 5.74) is 1.87. The maximum atomic E-state index is 12.3. The molecule has 0 atom stereocenters. The smallest absolute Gasteiger partial charge is 0.267 e. The lowest BCUT2D eigenvalue weighted by atomic mass is 10.3. The number of carbonyl (C=O) groups is 1. The first kappa shape index (κ1) is 13.9. The summed E-state index contributed by atoms with van der Waals surface area (Å²) < 4.78 is 8.71. The minimum Gasteiger partial charge on any atom is -0.466 e. The lowest BCUT2D eigenvalue weighted by Gasteiger charge is -2.08. The highest BCUT2D eigenvalue weighted by Gasteiger charge is 2.15. The number of nitrogens with zero attached hydrogens (tertiary/aromatic N) is 1. The lowest BCUT2D eigenvalue weighted by Crippen LogP contribution is -2.27. The Bertz CT molecular complexity index is 766. The molecule has 3 aromatic heterocycles. The molecule has 0 spiro atoms. The minimum atomic E-state index is -0.0245. The monoisotopic (exact) mass is 302 g/mol. The molecule has 21 heavy (non-hydrogen) atoms. The van der Waals surface area contributed by atoms with Crippen LogP contribution in [0.2, 0.25) is 0 Å². The van der Waals surface area contributed by atoms with Gasteiger partial charge in [-0.2, -0.15) is 0 Å². The van der Waals surface area contributed by atoms with Gasteiger partial charge in [-0.05, 0) is 43.5 Å². The van der Waals surface area contributed by atoms with E-state index in [0.717, 1.165) is 34.0 Å². The average molecular weight is 302 g/mol. The van der Waals surface area contributed by atoms with Crippen molar-refractivity contribution in [2.75, 3.05) is 6.54 Å². The molecule has 1 amide bonds. The number of amides is 1. The molecule has 0 saturated carbocycles. The van der Waals surface area contributed by atoms with E-state index in [1.807, 2.05) is 25.1 Å². The van der Waals surface area contributed by atoms with Crippen molar-refractivity contribution in [2.45, 2.75) is 26.8 Å². The number of carbonyl (C=O) groups excluding carboxylic acids is 1. The topological polar surface area (TPSA) is 47.2 Å². The molecular formula is C16H18N2O2S. The molecule has 1 N–H and O–H groups in total. The highest BCUT2D eigenvalue weighted by atomic mass is 32.1. The van der Waals surface area contributed by atoms with Gasteiger partial charge in [0.1, 0.15) is 17.2 Å². The van der Waals surface area contributed by atoms with Gasteiger partial charge in [0.05, 0.1) is 10.2 Å². The molecule has 0 aliphatic heterocycles. The molecule has 4 nitrogen and oxygen atoms in total. The summed E-state index contributed by atoms with van der Waals surface area (Å²) in [5, 5.41) is 5.02. The number of furan rings is 1. The van der Waals surface area contributed by atoms with E-state index >= 15 is 0 Å². The van der Waals surface area contributed by atoms with E-state index in [-0.39, 0.29) is 5.91 Å². The van der Waals surface area contributed by atoms with Gasteiger partial charge in [0.15, 0.2) is 0 Å². The highest BCUT2D eigenvalue weighted by Crippen LogP contribution is 2.25. The molecular weight excluding hydrogens is 284 g/mol. The summed E-state index contributed by atoms with van der Waals surface area (Å²) in [5.74, 6) is 1.78. The Kier molecular flexibility index (Phi) is 3.84. The molecule has 0 aliphatic carbocycles. The summed E-state index contributed by atoms with van der Waals surface area (Å²) in [7, 11) is 0. The number of thiophene rings is 1. The van der Waals surface area contributed by atoms with E-state index < -0.39 is 0 Å². The van der Waals surface area contributed by atoms with Crippen LogP contribution in [0, 0.1) is 6.92 Å². The van der Waals surface area contributed by atoms with Crippen molar-refractivity contribution in [3.05, 3.63) is 46.9 Å². The maximum absolute atomic E-state index is 12.3. The number of hydrogen-bond donors (Lipinski definition) is 1. The average Bonchev–Trinajstić information content (AvgIpc) is 3.13. The largest absolute Gasteiger partial charge is 0.466 e. The van der Waals surface area contributed by atoms with Gasteiger partial charge in [0.2, 0.25) is 0 Å². The number of rotatable bonds is 5. The van der Waals surface area contributed by atoms with E-state index in [0.29, 0.717) is 13.0 Å². The molecule has 0 unspecified atom stereocenters. The molecule has 0 aliphatic rings. The quantitative estimate of drug-likeness (QED) is 0.783. The van der Waals surface area contributed by atoms with E-state index in [2.05, 4.69) is 28.3 Å². The second-order valence-corrected chi connectivity index (χ2v) is 5.91. The maximum Gasteiger partial charge on any atom is 0.267 e. The number of aromatic nitrogens is 1. The second-order valence-electron chi connectivity index (χ2n) is 4.96. The lowest BCUT2D eigenvalue weighted by molar-refractivity contribution is 0.0945. The Morgan fingerprint density at radius 2 is 2.24 bits per heavy atom. The Morgan fingerprint density at radius 1 is 1.38 bits per heavy atom. The third-order valence-corrected chi connectivity index (χ3v) is 4.38. The third kappa shape index (κ3) is 2.74. The zero-order chi connectivity index (χ0) is 14.8. The summed E-state index contributed by atoms with van der Waals surface area (Å²) in [6.45, 7) is 5.34. The first-order valence-corrected chi connectivity index (χ1v) is 7.97. The predicted octanol–water partition coefficient (Wildman–Crippen LogP) is 3.60. The van der Waals surface area contributed by atoms with Crippen molar-refractivity contribution in [3.63, 3.8) is 0 Å². The van der Waals surface area contributed by atoms with Crippen LogP contribution >= 0.6 is 11.3 Å². The Labute approximate surface area is 127 Å². The number of aryl methyl sites for hydroxylation is 2. The Balaban J connectivity index is 1.67. The van der Waals surface area contributed by atoms with Crippen LogP contribution in [0.4, 0.5) is 0 Å². The molecule has 0 saturated heterocycles. The molecule has 5 heteroatoms. The van der Waals surface area contributed by atoms with Gasteiger partial charge in [0.25, 0.3) is 5.91 Å². The van der Waals surface area contributed by atoms with Gasteiger partial charge in [-0.1, -0.05) is 0 Å². The molecule has 110 valence electrons. The van der Waals surface area contributed by atoms with Crippen molar-refractivity contribution >= 4 is 27.5 Å². The van der Waals surface area contributed by atoms with Crippen molar-refractivity contribution < 1.29 is 9.21 Å². The summed E-state index contributed by atoms with van der Waals surface area (Å²) in [6, 6.07) is 7.92. The van der Waals surface area contributed by atoms with E-state index in [1.165, 1.54) is 0 Å². The van der Waals surface area contributed by atoms with Crippen LogP contribution < -0.4 is 5.32 Å². The first-order chi connectivity index (χ1) is 10.2. The van der Waals surface area contributed by atoms with Gasteiger partial charge < -0.3 is 14.3 Å². The highest BCUT2D eigenvalue weighted by molar-refractivity contribution is 7.17. The van der Waals surface area contributed by atoms with Gasteiger partial charge in [-0.15, -0.1) is 11.3 Å². The third-order valence-electron chi connectivity index (χ3n) is 3.52. The zero-order valence-corrected chi connectivity index (χ0v) is 13.0. The fourth-order valence-electron chi connectivity index (χ4n) is 2.52. The van der Waals surface area contributed by atoms with E-state index in [9.17, 15) is 4.79 Å². The molecule has 0 bridgehead atoms. The van der Waals surface area contributed by atoms with Crippen LogP contribution in [0.1, 0.15) is 28.9 Å². The molecule has 3 rings (SSSR count). The number of fused-ring (bicyclic) bond motifs is 1. The second kappa shape index (κ2) is 5.77. The first-order valence-electron chi connectivity index (χ1n) is 7.09. The molecule has 0 radical (unpaired) electrons. The SMILES string of the molecule is CCn1c(C(=O)NCCc2ccc(C)o2)cc2sccc21. The van der Waals surface area contributed by atoms with Crippen LogP contribution in [-0.4, -0.2) is 17.0 Å². The number of hydrogen-bond acceptors (Lipinski definition) is 3. The number of nitrogens with one attached hydrogen (secondary N) is 1. The molecule has 0 aromatic carbocycles. The van der Waals surface area contributed by atoms with Crippen LogP contribution in [-0.2, 0) is 13.0 Å². The standard InChI is InChI=1S/C16H18N2O2S/c1-3-18-13-7-9-21-15(13)10-14(18)16(19)17-8-6-12-5-4-11(2)20-12/h4-5,7,9-10H,3,6,8H2,1-2H3,(H,17,19). The fraction of sp³-hybridized carbons (Fsp3) is 0.312. The summed E-state index contributed by atoms with van der Waals surface area (Å²) >= 11 is 1.66. The van der Waals surface area contributed by atoms with Crippen LogP contribution in [0.15, 0.2) is 34.1 Å². The molecule has 0 fully saturated rings. The fourth-order valence-corrected chi connectivity index (χ4v) is 3.34. The molecule has 3 aromatic rings. The Morgan fingerprint density at radius 3 is 2.95 bits per heavy atom. The van der Waals surface area contributed by atoms with Gasteiger partial charge >= 0.3 is 0 Å². The van der Waals surface area contributed by atoms with Crippen molar-refractivity contribution in [2.24, 2.45) is 0 Å². The van der Waals surface area contributed by atoms with Gasteiger partial charge in [-0.3, -0.25) is 4.79 Å². The zero-order valence-electron chi connectivity index (χ0n) is 12.2. The van der Waals surface area contributed by atoms with Gasteiger partial charge in [-0.25, -0.2) is 0 Å². The van der Waals surface area contributed by atoms with Crippen molar-refractivity contribution in [1.82, 2.24) is 9.88 Å². The predicted molar refractivity (Wildman–Crippen MR) is 85.0 cm³/mol. The minimum absolute atomic E-state index is 0.0245. The Hall–Kier alpha value is -2.01. The van der Waals surface area contributed by atoms with Crippen LogP contribution in [0.3, 0.4) is 0 Å². The van der Waals surface area contributed by atoms with Crippen LogP contribution in [0.25, 0.3) is 10.2 Å². The van der Waals surface area contributed by atoms with Crippen LogP contribution in [0.5, 0.6) is 0 Å². The summed E-state index contributed by atoms with van der Waals surface area (Å²) in [6.07, 6.45) is 0.709. The van der Waals surface area contributed by atoms with Gasteiger partial charge in [0, 0.05) is 19.5 Å². The van der Waals surface area contributed by atoms with Crippen molar-refractivity contribution in [3.8, 4) is 0 Å². The van der Waals surface area contributed by atoms with E-state index in [1.54, 1.807) is 11.3 Å².